The zero-order valence-electron chi connectivity index (χ0n) is 6.62. The lowest BCUT2D eigenvalue weighted by molar-refractivity contribution is 0.530. The molecule has 0 unspecified atom stereocenters. The zero-order chi connectivity index (χ0) is 8.10. The van der Waals surface area contributed by atoms with Crippen LogP contribution in [0.2, 0.25) is 0 Å². The second kappa shape index (κ2) is 4.29. The van der Waals surface area contributed by atoms with Crippen LogP contribution in [0.1, 0.15) is 12.7 Å². The molecule has 0 saturated carbocycles. The van der Waals surface area contributed by atoms with Gasteiger partial charge in [0, 0.05) is 5.25 Å². The molecule has 0 spiro atoms. The fourth-order valence-electron chi connectivity index (χ4n) is 0.676. The van der Waals surface area contributed by atoms with Gasteiger partial charge in [0.05, 0.1) is 12.0 Å². The number of rotatable bonds is 4. The summed E-state index contributed by atoms with van der Waals surface area (Å²) in [5, 5.41) is 0.500. The molecule has 0 saturated heterocycles. The Morgan fingerprint density at radius 3 is 3.18 bits per heavy atom. The van der Waals surface area contributed by atoms with Crippen molar-refractivity contribution in [1.82, 2.24) is 0 Å². The van der Waals surface area contributed by atoms with Gasteiger partial charge in [-0.2, -0.15) is 0 Å². The van der Waals surface area contributed by atoms with E-state index in [0.717, 1.165) is 11.5 Å². The predicted molar refractivity (Wildman–Crippen MR) is 49.7 cm³/mol. The van der Waals surface area contributed by atoms with E-state index in [9.17, 15) is 0 Å². The fourth-order valence-corrected chi connectivity index (χ4v) is 1.40. The Morgan fingerprint density at radius 1 is 1.82 bits per heavy atom. The van der Waals surface area contributed by atoms with E-state index in [1.807, 2.05) is 30.0 Å². The van der Waals surface area contributed by atoms with Crippen LogP contribution in [0.25, 0.3) is 0 Å². The molecule has 1 heterocycles. The van der Waals surface area contributed by atoms with Crippen molar-refractivity contribution in [2.24, 2.45) is 0 Å². The first kappa shape index (κ1) is 8.47. The van der Waals surface area contributed by atoms with Crippen LogP contribution in [0.4, 0.5) is 0 Å². The van der Waals surface area contributed by atoms with Gasteiger partial charge in [-0.15, -0.1) is 18.3 Å². The lowest BCUT2D eigenvalue weighted by atomic mass is 10.5. The molecule has 0 aromatic carbocycles. The normalized spacial score (nSPS) is 12.8. The minimum Gasteiger partial charge on any atom is -0.468 e. The first-order valence-electron chi connectivity index (χ1n) is 3.59. The number of hydrogen-bond donors (Lipinski definition) is 0. The lowest BCUT2D eigenvalue weighted by Gasteiger charge is -2.01. The maximum Gasteiger partial charge on any atom is 0.113 e. The van der Waals surface area contributed by atoms with Crippen molar-refractivity contribution >= 4 is 11.8 Å². The van der Waals surface area contributed by atoms with Gasteiger partial charge in [0.2, 0.25) is 0 Å². The number of thioether (sulfide) groups is 1. The Labute approximate surface area is 71.5 Å². The number of furan rings is 1. The second-order valence-corrected chi connectivity index (χ2v) is 3.70. The molecule has 2 heteroatoms. The summed E-state index contributed by atoms with van der Waals surface area (Å²) in [6, 6.07) is 3.90. The Balaban J connectivity index is 2.28. The van der Waals surface area contributed by atoms with Crippen molar-refractivity contribution in [2.75, 3.05) is 0 Å². The average Bonchev–Trinajstić information content (AvgIpc) is 2.52. The fraction of sp³-hybridized carbons (Fsp3) is 0.333. The monoisotopic (exact) mass is 168 g/mol. The highest BCUT2D eigenvalue weighted by atomic mass is 32.2. The molecule has 0 fully saturated rings. The summed E-state index contributed by atoms with van der Waals surface area (Å²) in [5.41, 5.74) is 0. The van der Waals surface area contributed by atoms with Gasteiger partial charge >= 0.3 is 0 Å². The maximum absolute atomic E-state index is 5.17. The highest BCUT2D eigenvalue weighted by molar-refractivity contribution is 7.99. The summed E-state index contributed by atoms with van der Waals surface area (Å²) >= 11 is 1.82. The molecule has 60 valence electrons. The molecule has 1 aromatic heterocycles. The lowest BCUT2D eigenvalue weighted by Crippen LogP contribution is -1.88. The van der Waals surface area contributed by atoms with Gasteiger partial charge in [0.25, 0.3) is 0 Å². The average molecular weight is 168 g/mol. The van der Waals surface area contributed by atoms with E-state index >= 15 is 0 Å². The molecule has 1 aromatic rings. The van der Waals surface area contributed by atoms with E-state index in [1.165, 1.54) is 0 Å². The molecule has 0 radical (unpaired) electrons. The van der Waals surface area contributed by atoms with Crippen LogP contribution < -0.4 is 0 Å². The summed E-state index contributed by atoms with van der Waals surface area (Å²) in [5.74, 6) is 1.96. The smallest absolute Gasteiger partial charge is 0.113 e. The minimum atomic E-state index is 0.500. The SMILES string of the molecule is C=C[C@H](C)SCc1ccco1. The summed E-state index contributed by atoms with van der Waals surface area (Å²) in [4.78, 5) is 0. The maximum atomic E-state index is 5.17. The first-order valence-corrected chi connectivity index (χ1v) is 4.64. The highest BCUT2D eigenvalue weighted by Gasteiger charge is 1.99. The molecular formula is C9H12OS. The van der Waals surface area contributed by atoms with Gasteiger partial charge in [-0.25, -0.2) is 0 Å². The van der Waals surface area contributed by atoms with Gasteiger partial charge in [0.15, 0.2) is 0 Å². The van der Waals surface area contributed by atoms with E-state index in [-0.39, 0.29) is 0 Å². The molecular weight excluding hydrogens is 156 g/mol. The summed E-state index contributed by atoms with van der Waals surface area (Å²) in [6.45, 7) is 5.83. The topological polar surface area (TPSA) is 13.1 Å². The van der Waals surface area contributed by atoms with Crippen LogP contribution in [0, 0.1) is 0 Å². The third-order valence-corrected chi connectivity index (χ3v) is 2.57. The molecule has 1 nitrogen and oxygen atoms in total. The molecule has 0 aliphatic rings. The van der Waals surface area contributed by atoms with Crippen molar-refractivity contribution < 1.29 is 4.42 Å². The minimum absolute atomic E-state index is 0.500. The molecule has 11 heavy (non-hydrogen) atoms. The van der Waals surface area contributed by atoms with Crippen LogP contribution in [0.15, 0.2) is 35.5 Å². The number of hydrogen-bond acceptors (Lipinski definition) is 2. The Hall–Kier alpha value is -0.630. The predicted octanol–water partition coefficient (Wildman–Crippen LogP) is 3.09. The van der Waals surface area contributed by atoms with Gasteiger partial charge in [0.1, 0.15) is 5.76 Å². The summed E-state index contributed by atoms with van der Waals surface area (Å²) in [6.07, 6.45) is 3.64. The van der Waals surface area contributed by atoms with E-state index in [0.29, 0.717) is 5.25 Å². The Kier molecular flexibility index (Phi) is 3.30. The van der Waals surface area contributed by atoms with Crippen molar-refractivity contribution in [3.8, 4) is 0 Å². The molecule has 1 atom stereocenters. The highest BCUT2D eigenvalue weighted by Crippen LogP contribution is 2.17. The van der Waals surface area contributed by atoms with Crippen LogP contribution >= 0.6 is 11.8 Å². The quantitative estimate of drug-likeness (QED) is 0.641. The van der Waals surface area contributed by atoms with Gasteiger partial charge in [-0.3, -0.25) is 0 Å². The van der Waals surface area contributed by atoms with E-state index in [1.54, 1.807) is 6.26 Å². The van der Waals surface area contributed by atoms with Crippen LogP contribution in [0.3, 0.4) is 0 Å². The molecule has 0 aliphatic carbocycles. The standard InChI is InChI=1S/C9H12OS/c1-3-8(2)11-7-9-5-4-6-10-9/h3-6,8H,1,7H2,2H3/t8-/m0/s1. The van der Waals surface area contributed by atoms with Crippen LogP contribution in [-0.2, 0) is 5.75 Å². The van der Waals surface area contributed by atoms with Gasteiger partial charge in [-0.05, 0) is 19.1 Å². The van der Waals surface area contributed by atoms with Crippen LogP contribution in [-0.4, -0.2) is 5.25 Å². The molecule has 0 aliphatic heterocycles. The second-order valence-electron chi connectivity index (χ2n) is 2.33. The van der Waals surface area contributed by atoms with E-state index < -0.39 is 0 Å². The van der Waals surface area contributed by atoms with E-state index in [4.69, 9.17) is 4.42 Å². The molecule has 0 bridgehead atoms. The zero-order valence-corrected chi connectivity index (χ0v) is 7.43. The van der Waals surface area contributed by atoms with Crippen molar-refractivity contribution in [3.05, 3.63) is 36.8 Å². The Morgan fingerprint density at radius 2 is 2.64 bits per heavy atom. The largest absolute Gasteiger partial charge is 0.468 e. The molecule has 0 amide bonds. The molecule has 1 rings (SSSR count). The Bertz CT molecular complexity index is 203. The van der Waals surface area contributed by atoms with Crippen molar-refractivity contribution in [3.63, 3.8) is 0 Å². The third kappa shape index (κ3) is 2.85. The van der Waals surface area contributed by atoms with Crippen molar-refractivity contribution in [1.29, 1.82) is 0 Å². The van der Waals surface area contributed by atoms with Crippen LogP contribution in [0.5, 0.6) is 0 Å². The first-order chi connectivity index (χ1) is 5.33. The summed E-state index contributed by atoms with van der Waals surface area (Å²) < 4.78 is 5.17. The van der Waals surface area contributed by atoms with E-state index in [2.05, 4.69) is 13.5 Å². The van der Waals surface area contributed by atoms with Gasteiger partial charge in [-0.1, -0.05) is 6.08 Å². The van der Waals surface area contributed by atoms with Gasteiger partial charge < -0.3 is 4.42 Å². The third-order valence-electron chi connectivity index (χ3n) is 1.40. The molecule has 0 N–H and O–H groups in total. The summed E-state index contributed by atoms with van der Waals surface area (Å²) in [7, 11) is 0. The van der Waals surface area contributed by atoms with Crippen molar-refractivity contribution in [2.45, 2.75) is 17.9 Å².